The van der Waals surface area contributed by atoms with Crippen LogP contribution in [0.1, 0.15) is 24.2 Å². The molecule has 0 spiro atoms. The van der Waals surface area contributed by atoms with E-state index in [0.29, 0.717) is 13.1 Å². The van der Waals surface area contributed by atoms with Crippen molar-refractivity contribution in [2.24, 2.45) is 5.92 Å². The summed E-state index contributed by atoms with van der Waals surface area (Å²) in [6.45, 7) is 2.31. The Morgan fingerprint density at radius 1 is 0.909 bits per heavy atom. The molecule has 1 aliphatic carbocycles. The van der Waals surface area contributed by atoms with E-state index in [1.54, 1.807) is 12.5 Å². The van der Waals surface area contributed by atoms with Crippen LogP contribution in [-0.2, 0) is 4.79 Å². The number of rotatable bonds is 6. The molecular weight excluding hydrogens is 454 g/mol. The molecule has 1 saturated heterocycles. The van der Waals surface area contributed by atoms with Crippen molar-refractivity contribution in [1.82, 2.24) is 14.9 Å². The van der Waals surface area contributed by atoms with Crippen molar-refractivity contribution in [3.63, 3.8) is 0 Å². The molecule has 0 aromatic carbocycles. The van der Waals surface area contributed by atoms with Crippen LogP contribution in [0, 0.1) is 5.92 Å². The van der Waals surface area contributed by atoms with E-state index >= 15 is 0 Å². The summed E-state index contributed by atoms with van der Waals surface area (Å²) in [4.78, 5) is 25.1. The zero-order chi connectivity index (χ0) is 22.2. The maximum Gasteiger partial charge on any atom is 0.187 e. The average molecular weight is 476 g/mol. The van der Waals surface area contributed by atoms with Crippen LogP contribution >= 0.6 is 22.7 Å². The van der Waals surface area contributed by atoms with Gasteiger partial charge in [-0.25, -0.2) is 9.97 Å². The Kier molecular flexibility index (Phi) is 5.41. The second kappa shape index (κ2) is 8.70. The molecule has 0 bridgehead atoms. The number of likely N-dealkylation sites (tertiary alicyclic amines) is 1. The van der Waals surface area contributed by atoms with E-state index in [1.165, 1.54) is 35.5 Å². The third kappa shape index (κ3) is 4.55. The Morgan fingerprint density at radius 3 is 1.91 bits per heavy atom. The van der Waals surface area contributed by atoms with Crippen LogP contribution in [0.25, 0.3) is 33.7 Å². The van der Waals surface area contributed by atoms with Crippen LogP contribution in [-0.4, -0.2) is 40.3 Å². The minimum Gasteiger partial charge on any atom is -0.462 e. The van der Waals surface area contributed by atoms with Gasteiger partial charge < -0.3 is 8.83 Å². The molecule has 1 saturated carbocycles. The Bertz CT molecular complexity index is 1230. The molecule has 0 amide bonds. The van der Waals surface area contributed by atoms with Crippen molar-refractivity contribution in [1.29, 1.82) is 0 Å². The first-order valence-electron chi connectivity index (χ1n) is 10.9. The Morgan fingerprint density at radius 2 is 1.45 bits per heavy atom. The number of nitrogens with zero attached hydrogens (tertiary/aromatic N) is 3. The van der Waals surface area contributed by atoms with Crippen LogP contribution in [0.3, 0.4) is 0 Å². The Hall–Kier alpha value is -3.07. The molecule has 4 aromatic heterocycles. The van der Waals surface area contributed by atoms with Crippen molar-refractivity contribution >= 4 is 40.6 Å². The molecule has 6 nitrogen and oxygen atoms in total. The largest absolute Gasteiger partial charge is 0.462 e. The van der Waals surface area contributed by atoms with Gasteiger partial charge in [-0.3, -0.25) is 9.69 Å². The van der Waals surface area contributed by atoms with Gasteiger partial charge in [-0.15, -0.1) is 22.7 Å². The molecule has 8 heteroatoms. The number of thiazole rings is 2. The van der Waals surface area contributed by atoms with Crippen molar-refractivity contribution in [3.8, 4) is 21.5 Å². The number of carbonyl (C=O) groups is 1. The summed E-state index contributed by atoms with van der Waals surface area (Å²) in [6.07, 6.45) is 9.69. The average Bonchev–Trinajstić information content (AvgIpc) is 3.36. The van der Waals surface area contributed by atoms with Crippen LogP contribution < -0.4 is 0 Å². The van der Waals surface area contributed by atoms with E-state index in [-0.39, 0.29) is 5.78 Å². The molecule has 1 aliphatic heterocycles. The van der Waals surface area contributed by atoms with Gasteiger partial charge in [0, 0.05) is 41.5 Å². The number of hydrogen-bond donors (Lipinski definition) is 0. The fourth-order valence-corrected chi connectivity index (χ4v) is 5.48. The van der Waals surface area contributed by atoms with Crippen molar-refractivity contribution in [3.05, 3.63) is 70.1 Å². The van der Waals surface area contributed by atoms with Crippen LogP contribution in [0.15, 0.2) is 67.5 Å². The van der Waals surface area contributed by atoms with Gasteiger partial charge in [-0.2, -0.15) is 0 Å². The first-order chi connectivity index (χ1) is 16.2. The number of Topliss-reactive ketones (excluding diaryl/α,β-unsaturated/α-hetero) is 1. The van der Waals surface area contributed by atoms with Gasteiger partial charge in [0.1, 0.15) is 0 Å². The summed E-state index contributed by atoms with van der Waals surface area (Å²) in [5, 5.41) is 5.57. The Balaban J connectivity index is 1.29. The van der Waals surface area contributed by atoms with E-state index in [1.807, 2.05) is 47.2 Å². The maximum absolute atomic E-state index is 13.4. The highest BCUT2D eigenvalue weighted by molar-refractivity contribution is 7.13. The van der Waals surface area contributed by atoms with E-state index in [2.05, 4.69) is 14.9 Å². The van der Waals surface area contributed by atoms with Crippen LogP contribution in [0.5, 0.6) is 0 Å². The molecule has 0 atom stereocenters. The molecule has 0 N–H and O–H groups in total. The van der Waals surface area contributed by atoms with Crippen molar-refractivity contribution in [2.45, 2.75) is 12.8 Å². The predicted octanol–water partition coefficient (Wildman–Crippen LogP) is 5.88. The number of hydrogen-bond acceptors (Lipinski definition) is 8. The van der Waals surface area contributed by atoms with Gasteiger partial charge in [0.2, 0.25) is 0 Å². The van der Waals surface area contributed by atoms with Crippen molar-refractivity contribution in [2.75, 3.05) is 19.6 Å². The smallest absolute Gasteiger partial charge is 0.187 e. The van der Waals surface area contributed by atoms with Gasteiger partial charge in [0.25, 0.3) is 0 Å². The maximum atomic E-state index is 13.4. The molecule has 0 unspecified atom stereocenters. The number of aromatic nitrogens is 2. The van der Waals surface area contributed by atoms with Crippen molar-refractivity contribution < 1.29 is 13.6 Å². The van der Waals surface area contributed by atoms with E-state index in [9.17, 15) is 4.79 Å². The monoisotopic (exact) mass is 475 g/mol. The molecule has 33 heavy (non-hydrogen) atoms. The molecule has 4 aromatic rings. The SMILES string of the molecule is O=C1C(=Cc2csc(-c3ccco3)n2)CN(CC2CC2)CC1=Cc1csc(-c2ccco2)n1. The molecular formula is C25H21N3O3S2. The third-order valence-corrected chi connectivity index (χ3v) is 7.49. The summed E-state index contributed by atoms with van der Waals surface area (Å²) in [5.74, 6) is 2.30. The quantitative estimate of drug-likeness (QED) is 0.324. The number of furan rings is 2. The zero-order valence-corrected chi connectivity index (χ0v) is 19.4. The van der Waals surface area contributed by atoms with E-state index in [4.69, 9.17) is 8.83 Å². The lowest BCUT2D eigenvalue weighted by molar-refractivity contribution is -0.113. The number of ketones is 1. The summed E-state index contributed by atoms with van der Waals surface area (Å²) < 4.78 is 10.9. The summed E-state index contributed by atoms with van der Waals surface area (Å²) in [5.41, 5.74) is 3.11. The molecule has 6 rings (SSSR count). The number of carbonyl (C=O) groups excluding carboxylic acids is 1. The highest BCUT2D eigenvalue weighted by Gasteiger charge is 2.31. The standard InChI is InChI=1S/C25H21N3O3S2/c29-23-17(9-19-14-32-24(26-19)21-3-1-7-30-21)12-28(11-16-5-6-16)13-18(23)10-20-15-33-25(27-20)22-4-2-8-31-22/h1-4,7-10,14-16H,5-6,11-13H2. The summed E-state index contributed by atoms with van der Waals surface area (Å²) >= 11 is 3.03. The molecule has 5 heterocycles. The van der Waals surface area contributed by atoms with Gasteiger partial charge in [0.15, 0.2) is 27.3 Å². The zero-order valence-electron chi connectivity index (χ0n) is 17.8. The first-order valence-corrected chi connectivity index (χ1v) is 12.6. The van der Waals surface area contributed by atoms with Crippen LogP contribution in [0.4, 0.5) is 0 Å². The predicted molar refractivity (Wildman–Crippen MR) is 130 cm³/mol. The normalized spacial score (nSPS) is 19.7. The number of piperidine rings is 1. The third-order valence-electron chi connectivity index (χ3n) is 5.74. The minimum atomic E-state index is 0.0714. The topological polar surface area (TPSA) is 72.4 Å². The lowest BCUT2D eigenvalue weighted by Crippen LogP contribution is -2.38. The highest BCUT2D eigenvalue weighted by atomic mass is 32.1. The molecule has 2 fully saturated rings. The summed E-state index contributed by atoms with van der Waals surface area (Å²) in [6, 6.07) is 7.49. The van der Waals surface area contributed by atoms with Gasteiger partial charge in [-0.1, -0.05) is 0 Å². The van der Waals surface area contributed by atoms with Gasteiger partial charge in [0.05, 0.1) is 23.9 Å². The highest BCUT2D eigenvalue weighted by Crippen LogP contribution is 2.33. The molecule has 2 aliphatic rings. The second-order valence-electron chi connectivity index (χ2n) is 8.39. The summed E-state index contributed by atoms with van der Waals surface area (Å²) in [7, 11) is 0. The Labute approximate surface area is 198 Å². The minimum absolute atomic E-state index is 0.0714. The lowest BCUT2D eigenvalue weighted by Gasteiger charge is -2.29. The first kappa shape index (κ1) is 20.5. The van der Waals surface area contributed by atoms with Crippen LogP contribution in [0.2, 0.25) is 0 Å². The fraction of sp³-hybridized carbons (Fsp3) is 0.240. The fourth-order valence-electron chi connectivity index (χ4n) is 3.99. The lowest BCUT2D eigenvalue weighted by atomic mass is 9.96. The molecule has 0 radical (unpaired) electrons. The van der Waals surface area contributed by atoms with E-state index in [0.717, 1.165) is 56.5 Å². The molecule has 166 valence electrons. The second-order valence-corrected chi connectivity index (χ2v) is 10.1. The van der Waals surface area contributed by atoms with E-state index < -0.39 is 0 Å². The van der Waals surface area contributed by atoms with Gasteiger partial charge >= 0.3 is 0 Å². The van der Waals surface area contributed by atoms with Gasteiger partial charge in [-0.05, 0) is 55.2 Å².